The predicted octanol–water partition coefficient (Wildman–Crippen LogP) is 4.36. The van der Waals surface area contributed by atoms with Crippen LogP contribution in [0.4, 0.5) is 0 Å². The highest BCUT2D eigenvalue weighted by molar-refractivity contribution is 5.71. The number of carboxylic acids is 1. The third-order valence-electron chi connectivity index (χ3n) is 8.24. The van der Waals surface area contributed by atoms with E-state index in [9.17, 15) is 14.7 Å². The maximum absolute atomic E-state index is 11.8. The van der Waals surface area contributed by atoms with E-state index < -0.39 is 5.97 Å². The number of hydrogen-bond acceptors (Lipinski definition) is 3. The second-order valence-corrected chi connectivity index (χ2v) is 9.34. The fourth-order valence-corrected chi connectivity index (χ4v) is 6.98. The molecule has 0 bridgehead atoms. The van der Waals surface area contributed by atoms with Crippen LogP contribution in [0.3, 0.4) is 0 Å². The van der Waals surface area contributed by atoms with Crippen molar-refractivity contribution in [2.24, 2.45) is 34.5 Å². The number of allylic oxidation sites excluding steroid dienone is 2. The number of fused-ring (bicyclic) bond motifs is 5. The van der Waals surface area contributed by atoms with Crippen LogP contribution >= 0.6 is 0 Å². The highest BCUT2D eigenvalue weighted by Gasteiger charge is 2.59. The Balaban J connectivity index is 1.60. The average Bonchev–Trinajstić information content (AvgIpc) is 2.92. The van der Waals surface area contributed by atoms with Crippen LogP contribution in [0.1, 0.15) is 59.3 Å². The number of carboxylic acid groups (broad SMARTS) is 1. The zero-order valence-electron chi connectivity index (χ0n) is 16.0. The third-order valence-corrected chi connectivity index (χ3v) is 8.24. The molecular formula is C22H30O4. The minimum atomic E-state index is -0.599. The van der Waals surface area contributed by atoms with Crippen molar-refractivity contribution in [2.75, 3.05) is 0 Å². The molecule has 4 nitrogen and oxygen atoms in total. The molecule has 0 heterocycles. The van der Waals surface area contributed by atoms with Gasteiger partial charge < -0.3 is 9.84 Å². The molecule has 0 amide bonds. The maximum atomic E-state index is 11.8. The summed E-state index contributed by atoms with van der Waals surface area (Å²) in [6, 6.07) is 0. The molecule has 0 aliphatic heterocycles. The van der Waals surface area contributed by atoms with Gasteiger partial charge in [-0.25, -0.2) is 0 Å². The van der Waals surface area contributed by atoms with Gasteiger partial charge in [0.05, 0.1) is 5.92 Å². The monoisotopic (exact) mass is 358 g/mol. The number of ether oxygens (including phenoxy) is 1. The predicted molar refractivity (Wildman–Crippen MR) is 98.3 cm³/mol. The van der Waals surface area contributed by atoms with E-state index >= 15 is 0 Å². The molecule has 0 spiro atoms. The average molecular weight is 358 g/mol. The van der Waals surface area contributed by atoms with Gasteiger partial charge in [0.2, 0.25) is 0 Å². The molecule has 142 valence electrons. The van der Waals surface area contributed by atoms with Gasteiger partial charge in [0, 0.05) is 12.3 Å². The van der Waals surface area contributed by atoms with E-state index in [0.29, 0.717) is 17.8 Å². The molecule has 3 saturated carbocycles. The number of hydrogen-bond donors (Lipinski definition) is 1. The smallest absolute Gasteiger partial charge is 0.307 e. The number of aliphatic carboxylic acids is 1. The molecule has 0 saturated heterocycles. The molecule has 3 fully saturated rings. The van der Waals surface area contributed by atoms with Gasteiger partial charge in [-0.2, -0.15) is 0 Å². The summed E-state index contributed by atoms with van der Waals surface area (Å²) in [6.45, 7) is 6.03. The van der Waals surface area contributed by atoms with Crippen molar-refractivity contribution < 1.29 is 19.4 Å². The van der Waals surface area contributed by atoms with Crippen LogP contribution in [0.2, 0.25) is 0 Å². The minimum absolute atomic E-state index is 0.0300. The van der Waals surface area contributed by atoms with Gasteiger partial charge in [-0.15, -0.1) is 0 Å². The quantitative estimate of drug-likeness (QED) is 0.588. The Morgan fingerprint density at radius 2 is 1.92 bits per heavy atom. The van der Waals surface area contributed by atoms with Gasteiger partial charge in [0.1, 0.15) is 6.10 Å². The molecule has 1 unspecified atom stereocenters. The van der Waals surface area contributed by atoms with Crippen molar-refractivity contribution >= 4 is 11.9 Å². The molecule has 0 aromatic heterocycles. The molecular weight excluding hydrogens is 328 g/mol. The first-order valence-electron chi connectivity index (χ1n) is 10.1. The van der Waals surface area contributed by atoms with Crippen molar-refractivity contribution in [1.82, 2.24) is 0 Å². The van der Waals surface area contributed by atoms with Crippen LogP contribution in [0.15, 0.2) is 23.8 Å². The molecule has 0 radical (unpaired) electrons. The fourth-order valence-electron chi connectivity index (χ4n) is 6.98. The zero-order chi connectivity index (χ0) is 18.7. The standard InChI is InChI=1S/C22H30O4/c1-13(23)26-15-8-10-21(2)14(12-15)4-5-16-17-6-7-19(20(24)25)22(17,3)11-9-18(16)21/h8,10,12,15-19H,4-7,9,11H2,1-3H3,(H,24,25)/t15?,16-,17-,18-,19+,21-,22-/m0/s1. The topological polar surface area (TPSA) is 63.6 Å². The van der Waals surface area contributed by atoms with E-state index in [1.54, 1.807) is 0 Å². The first-order chi connectivity index (χ1) is 12.3. The minimum Gasteiger partial charge on any atom is -0.481 e. The summed E-state index contributed by atoms with van der Waals surface area (Å²) in [4.78, 5) is 23.1. The van der Waals surface area contributed by atoms with Gasteiger partial charge in [0.25, 0.3) is 0 Å². The summed E-state index contributed by atoms with van der Waals surface area (Å²) in [5.74, 6) is 0.692. The van der Waals surface area contributed by atoms with Crippen LogP contribution in [0.5, 0.6) is 0 Å². The summed E-state index contributed by atoms with van der Waals surface area (Å²) in [5, 5.41) is 9.69. The third kappa shape index (κ3) is 2.48. The molecule has 7 atom stereocenters. The van der Waals surface area contributed by atoms with Crippen molar-refractivity contribution in [3.8, 4) is 0 Å². The van der Waals surface area contributed by atoms with E-state index in [4.69, 9.17) is 4.74 Å². The lowest BCUT2D eigenvalue weighted by molar-refractivity contribution is -0.149. The van der Waals surface area contributed by atoms with Gasteiger partial charge >= 0.3 is 11.9 Å². The Hall–Kier alpha value is -1.58. The summed E-state index contributed by atoms with van der Waals surface area (Å²) < 4.78 is 5.38. The van der Waals surface area contributed by atoms with Gasteiger partial charge in [0.15, 0.2) is 0 Å². The number of carbonyl (C=O) groups excluding carboxylic acids is 1. The summed E-state index contributed by atoms with van der Waals surface area (Å²) in [5.41, 5.74) is 1.40. The van der Waals surface area contributed by atoms with Crippen LogP contribution in [0.25, 0.3) is 0 Å². The van der Waals surface area contributed by atoms with Crippen LogP contribution in [-0.2, 0) is 14.3 Å². The lowest BCUT2D eigenvalue weighted by Crippen LogP contribution is -2.50. The van der Waals surface area contributed by atoms with Gasteiger partial charge in [-0.05, 0) is 73.8 Å². The van der Waals surface area contributed by atoms with Crippen LogP contribution in [-0.4, -0.2) is 23.1 Å². The van der Waals surface area contributed by atoms with E-state index in [1.165, 1.54) is 12.5 Å². The van der Waals surface area contributed by atoms with Crippen molar-refractivity contribution in [1.29, 1.82) is 0 Å². The van der Waals surface area contributed by atoms with Crippen molar-refractivity contribution in [3.05, 3.63) is 23.8 Å². The molecule has 0 aromatic rings. The Morgan fingerprint density at radius 1 is 1.15 bits per heavy atom. The number of rotatable bonds is 2. The highest BCUT2D eigenvalue weighted by Crippen LogP contribution is 2.66. The second-order valence-electron chi connectivity index (χ2n) is 9.34. The summed E-state index contributed by atoms with van der Waals surface area (Å²) in [7, 11) is 0. The number of carbonyl (C=O) groups is 2. The van der Waals surface area contributed by atoms with E-state index in [1.807, 2.05) is 6.08 Å². The van der Waals surface area contributed by atoms with Gasteiger partial charge in [-0.1, -0.05) is 25.5 Å². The normalized spacial score (nSPS) is 46.6. The van der Waals surface area contributed by atoms with E-state index in [-0.39, 0.29) is 28.8 Å². The fraction of sp³-hybridized carbons (Fsp3) is 0.727. The molecule has 4 rings (SSSR count). The second kappa shape index (κ2) is 5.97. The van der Waals surface area contributed by atoms with Crippen LogP contribution in [0, 0.1) is 34.5 Å². The first-order valence-corrected chi connectivity index (χ1v) is 10.1. The van der Waals surface area contributed by atoms with Crippen molar-refractivity contribution in [3.63, 3.8) is 0 Å². The molecule has 4 aliphatic rings. The van der Waals surface area contributed by atoms with E-state index in [2.05, 4.69) is 26.0 Å². The first kappa shape index (κ1) is 17.8. The number of esters is 1. The largest absolute Gasteiger partial charge is 0.481 e. The van der Waals surface area contributed by atoms with Crippen molar-refractivity contribution in [2.45, 2.75) is 65.4 Å². The summed E-state index contributed by atoms with van der Waals surface area (Å²) >= 11 is 0. The molecule has 4 aliphatic carbocycles. The molecule has 4 heteroatoms. The summed E-state index contributed by atoms with van der Waals surface area (Å²) in [6.07, 6.45) is 12.4. The van der Waals surface area contributed by atoms with Gasteiger partial charge in [-0.3, -0.25) is 9.59 Å². The Bertz CT molecular complexity index is 692. The zero-order valence-corrected chi connectivity index (χ0v) is 16.0. The molecule has 26 heavy (non-hydrogen) atoms. The maximum Gasteiger partial charge on any atom is 0.307 e. The molecule has 0 aromatic carbocycles. The van der Waals surface area contributed by atoms with Crippen LogP contribution < -0.4 is 0 Å². The Labute approximate surface area is 155 Å². The molecule has 1 N–H and O–H groups in total. The van der Waals surface area contributed by atoms with E-state index in [0.717, 1.165) is 38.5 Å². The Morgan fingerprint density at radius 3 is 2.62 bits per heavy atom. The lowest BCUT2D eigenvalue weighted by Gasteiger charge is -2.57. The SMILES string of the molecule is CC(=O)OC1C=C[C@@]2(C)C(=C1)CC[C@H]1[C@@H]3CC[C@H](C(=O)O)[C@@]3(C)CC[C@@H]12. The highest BCUT2D eigenvalue weighted by atomic mass is 16.5. The lowest BCUT2D eigenvalue weighted by atomic mass is 9.48. The Kier molecular flexibility index (Phi) is 4.09.